The highest BCUT2D eigenvalue weighted by molar-refractivity contribution is 5.96. The first-order valence-corrected chi connectivity index (χ1v) is 5.12. The Morgan fingerprint density at radius 3 is 2.59 bits per heavy atom. The van der Waals surface area contributed by atoms with Crippen LogP contribution in [0.4, 0.5) is 14.5 Å². The van der Waals surface area contributed by atoms with Crippen LogP contribution in [0.2, 0.25) is 0 Å². The van der Waals surface area contributed by atoms with Crippen LogP contribution in [0.15, 0.2) is 18.2 Å². The van der Waals surface area contributed by atoms with Gasteiger partial charge in [0.25, 0.3) is 0 Å². The lowest BCUT2D eigenvalue weighted by Crippen LogP contribution is -2.56. The zero-order valence-electron chi connectivity index (χ0n) is 9.00. The fraction of sp³-hybridized carbons (Fsp3) is 0.364. The molecule has 1 saturated heterocycles. The number of hydrogen-bond donors (Lipinski definition) is 2. The number of nitrogens with one attached hydrogen (secondary N) is 1. The maximum absolute atomic E-state index is 12.9. The van der Waals surface area contributed by atoms with Crippen molar-refractivity contribution in [3.63, 3.8) is 0 Å². The summed E-state index contributed by atoms with van der Waals surface area (Å²) in [6.07, 6.45) is 0. The van der Waals surface area contributed by atoms with E-state index in [0.717, 1.165) is 12.1 Å². The Morgan fingerprint density at radius 2 is 2.12 bits per heavy atom. The summed E-state index contributed by atoms with van der Waals surface area (Å²) in [4.78, 5) is 11.9. The Labute approximate surface area is 96.7 Å². The Bertz CT molecular complexity index is 442. The van der Waals surface area contributed by atoms with E-state index in [1.165, 1.54) is 6.07 Å². The first-order valence-electron chi connectivity index (χ1n) is 5.12. The number of halogens is 2. The Morgan fingerprint density at radius 1 is 1.41 bits per heavy atom. The fourth-order valence-corrected chi connectivity index (χ4v) is 1.53. The van der Waals surface area contributed by atoms with Crippen LogP contribution in [0.5, 0.6) is 0 Å². The van der Waals surface area contributed by atoms with Crippen molar-refractivity contribution in [3.05, 3.63) is 29.8 Å². The average Bonchev–Trinajstić information content (AvgIpc) is 2.23. The molecule has 0 spiro atoms. The van der Waals surface area contributed by atoms with E-state index in [4.69, 9.17) is 10.5 Å². The van der Waals surface area contributed by atoms with E-state index in [0.29, 0.717) is 0 Å². The number of benzene rings is 1. The molecule has 0 aliphatic carbocycles. The van der Waals surface area contributed by atoms with Crippen LogP contribution < -0.4 is 11.1 Å². The molecule has 1 aromatic carbocycles. The molecule has 92 valence electrons. The van der Waals surface area contributed by atoms with Crippen LogP contribution in [-0.4, -0.2) is 25.7 Å². The molecule has 0 unspecified atom stereocenters. The van der Waals surface area contributed by atoms with E-state index >= 15 is 0 Å². The minimum Gasteiger partial charge on any atom is -0.379 e. The van der Waals surface area contributed by atoms with Crippen molar-refractivity contribution in [3.8, 4) is 0 Å². The summed E-state index contributed by atoms with van der Waals surface area (Å²) in [5, 5.41) is 2.50. The van der Waals surface area contributed by atoms with Crippen molar-refractivity contribution in [2.24, 2.45) is 11.1 Å². The molecule has 1 aromatic rings. The fourth-order valence-electron chi connectivity index (χ4n) is 1.53. The Hall–Kier alpha value is -1.53. The van der Waals surface area contributed by atoms with Gasteiger partial charge in [-0.15, -0.1) is 0 Å². The highest BCUT2D eigenvalue weighted by Gasteiger charge is 2.44. The van der Waals surface area contributed by atoms with Crippen LogP contribution >= 0.6 is 0 Å². The minimum absolute atomic E-state index is 0.155. The summed E-state index contributed by atoms with van der Waals surface area (Å²) >= 11 is 0. The summed E-state index contributed by atoms with van der Waals surface area (Å²) < 4.78 is 30.6. The molecule has 3 N–H and O–H groups in total. The van der Waals surface area contributed by atoms with Crippen LogP contribution in [0, 0.1) is 17.0 Å². The second-order valence-corrected chi connectivity index (χ2v) is 4.06. The topological polar surface area (TPSA) is 64.4 Å². The number of carbonyl (C=O) groups is 1. The van der Waals surface area contributed by atoms with Gasteiger partial charge in [0.1, 0.15) is 5.41 Å². The maximum atomic E-state index is 12.9. The number of nitrogens with two attached hydrogens (primary N) is 1. The summed E-state index contributed by atoms with van der Waals surface area (Å²) in [6, 6.07) is 3.17. The third-order valence-electron chi connectivity index (χ3n) is 2.81. The van der Waals surface area contributed by atoms with Crippen molar-refractivity contribution in [1.82, 2.24) is 0 Å². The van der Waals surface area contributed by atoms with E-state index in [-0.39, 0.29) is 31.4 Å². The quantitative estimate of drug-likeness (QED) is 0.827. The van der Waals surface area contributed by atoms with Gasteiger partial charge in [0.2, 0.25) is 5.91 Å². The average molecular weight is 242 g/mol. The first-order chi connectivity index (χ1) is 8.07. The van der Waals surface area contributed by atoms with E-state index in [1.54, 1.807) is 0 Å². The van der Waals surface area contributed by atoms with Gasteiger partial charge in [-0.25, -0.2) is 8.78 Å². The highest BCUT2D eigenvalue weighted by Crippen LogP contribution is 2.28. The third kappa shape index (κ3) is 2.13. The number of rotatable bonds is 3. The molecule has 4 nitrogen and oxygen atoms in total. The molecule has 0 saturated carbocycles. The standard InChI is InChI=1S/C11H12F2N2O2/c12-8-2-1-7(3-9(8)13)15-10(16)11(4-14)5-17-6-11/h1-3H,4-6,14H2,(H,15,16). The normalized spacial score (nSPS) is 17.4. The van der Waals surface area contributed by atoms with Crippen LogP contribution in [0.25, 0.3) is 0 Å². The van der Waals surface area contributed by atoms with E-state index in [9.17, 15) is 13.6 Å². The van der Waals surface area contributed by atoms with Gasteiger partial charge in [-0.05, 0) is 12.1 Å². The largest absolute Gasteiger partial charge is 0.379 e. The molecule has 1 aliphatic rings. The van der Waals surface area contributed by atoms with Crippen LogP contribution in [0.1, 0.15) is 0 Å². The lowest BCUT2D eigenvalue weighted by atomic mass is 9.85. The lowest BCUT2D eigenvalue weighted by Gasteiger charge is -2.38. The molecular weight excluding hydrogens is 230 g/mol. The molecule has 1 fully saturated rings. The monoisotopic (exact) mass is 242 g/mol. The number of ether oxygens (including phenoxy) is 1. The molecule has 17 heavy (non-hydrogen) atoms. The van der Waals surface area contributed by atoms with Crippen molar-refractivity contribution in [2.75, 3.05) is 25.1 Å². The Kier molecular flexibility index (Phi) is 3.08. The summed E-state index contributed by atoms with van der Waals surface area (Å²) in [6.45, 7) is 0.653. The summed E-state index contributed by atoms with van der Waals surface area (Å²) in [7, 11) is 0. The second kappa shape index (κ2) is 4.38. The van der Waals surface area contributed by atoms with Gasteiger partial charge in [-0.2, -0.15) is 0 Å². The molecule has 0 aromatic heterocycles. The number of anilines is 1. The van der Waals surface area contributed by atoms with E-state index in [2.05, 4.69) is 5.32 Å². The number of hydrogen-bond acceptors (Lipinski definition) is 3. The molecule has 0 atom stereocenters. The number of carbonyl (C=O) groups excluding carboxylic acids is 1. The van der Waals surface area contributed by atoms with Crippen LogP contribution in [-0.2, 0) is 9.53 Å². The van der Waals surface area contributed by atoms with E-state index in [1.807, 2.05) is 0 Å². The predicted molar refractivity (Wildman–Crippen MR) is 57.3 cm³/mol. The molecule has 0 bridgehead atoms. The van der Waals surface area contributed by atoms with Gasteiger partial charge in [-0.1, -0.05) is 0 Å². The van der Waals surface area contributed by atoms with Gasteiger partial charge in [0, 0.05) is 18.3 Å². The minimum atomic E-state index is -1.01. The molecule has 1 heterocycles. The van der Waals surface area contributed by atoms with Gasteiger partial charge < -0.3 is 15.8 Å². The van der Waals surface area contributed by atoms with Gasteiger partial charge in [0.05, 0.1) is 13.2 Å². The van der Waals surface area contributed by atoms with Crippen molar-refractivity contribution in [2.45, 2.75) is 0 Å². The summed E-state index contributed by atoms with van der Waals surface area (Å²) in [5.41, 5.74) is 4.96. The first kappa shape index (κ1) is 11.9. The van der Waals surface area contributed by atoms with Crippen molar-refractivity contribution in [1.29, 1.82) is 0 Å². The zero-order chi connectivity index (χ0) is 12.5. The smallest absolute Gasteiger partial charge is 0.236 e. The maximum Gasteiger partial charge on any atom is 0.236 e. The predicted octanol–water partition coefficient (Wildman–Crippen LogP) is 0.879. The molecular formula is C11H12F2N2O2. The van der Waals surface area contributed by atoms with Crippen molar-refractivity contribution >= 4 is 11.6 Å². The van der Waals surface area contributed by atoms with Gasteiger partial charge in [0.15, 0.2) is 11.6 Å². The molecule has 6 heteroatoms. The molecule has 0 radical (unpaired) electrons. The zero-order valence-corrected chi connectivity index (χ0v) is 9.00. The van der Waals surface area contributed by atoms with Crippen LogP contribution in [0.3, 0.4) is 0 Å². The highest BCUT2D eigenvalue weighted by atomic mass is 19.2. The molecule has 1 aliphatic heterocycles. The number of amides is 1. The lowest BCUT2D eigenvalue weighted by molar-refractivity contribution is -0.153. The van der Waals surface area contributed by atoms with Gasteiger partial charge >= 0.3 is 0 Å². The summed E-state index contributed by atoms with van der Waals surface area (Å²) in [5.74, 6) is -2.30. The molecule has 2 rings (SSSR count). The van der Waals surface area contributed by atoms with Gasteiger partial charge in [-0.3, -0.25) is 4.79 Å². The molecule has 1 amide bonds. The third-order valence-corrected chi connectivity index (χ3v) is 2.81. The van der Waals surface area contributed by atoms with Crippen molar-refractivity contribution < 1.29 is 18.3 Å². The van der Waals surface area contributed by atoms with E-state index < -0.39 is 17.0 Å². The SMILES string of the molecule is NCC1(C(=O)Nc2ccc(F)c(F)c2)COC1. The Balaban J connectivity index is 2.10. The second-order valence-electron chi connectivity index (χ2n) is 4.06.